The van der Waals surface area contributed by atoms with Crippen LogP contribution in [0.5, 0.6) is 0 Å². The molecule has 0 aromatic carbocycles. The molecule has 0 fully saturated rings. The van der Waals surface area contributed by atoms with E-state index in [0.717, 1.165) is 38.0 Å². The highest BCUT2D eigenvalue weighted by Gasteiger charge is 2.16. The Morgan fingerprint density at radius 3 is 2.47 bits per heavy atom. The summed E-state index contributed by atoms with van der Waals surface area (Å²) in [4.78, 5) is 2.34. The maximum absolute atomic E-state index is 9.22. The van der Waals surface area contributed by atoms with Crippen LogP contribution in [-0.2, 0) is 6.54 Å². The summed E-state index contributed by atoms with van der Waals surface area (Å²) in [6.45, 7) is 10.5. The van der Waals surface area contributed by atoms with E-state index >= 15 is 0 Å². The zero-order valence-corrected chi connectivity index (χ0v) is 12.8. The number of rotatable bonds is 9. The van der Waals surface area contributed by atoms with Crippen LogP contribution in [0.2, 0.25) is 0 Å². The monoisotopic (exact) mass is 267 g/mol. The minimum Gasteiger partial charge on any atom is -0.395 e. The topological polar surface area (TPSA) is 41.3 Å². The third-order valence-electron chi connectivity index (χ3n) is 3.92. The van der Waals surface area contributed by atoms with Gasteiger partial charge in [-0.15, -0.1) is 0 Å². The maximum atomic E-state index is 9.22. The average Bonchev–Trinajstić information content (AvgIpc) is 2.88. The molecule has 0 amide bonds. The Morgan fingerprint density at radius 1 is 1.26 bits per heavy atom. The van der Waals surface area contributed by atoms with Gasteiger partial charge in [0.15, 0.2) is 0 Å². The van der Waals surface area contributed by atoms with Gasteiger partial charge < -0.3 is 5.11 Å². The fraction of sp³-hybridized carbons (Fsp3) is 0.800. The van der Waals surface area contributed by atoms with Gasteiger partial charge in [-0.25, -0.2) is 0 Å². The van der Waals surface area contributed by atoms with Gasteiger partial charge in [0.1, 0.15) is 0 Å². The van der Waals surface area contributed by atoms with Crippen molar-refractivity contribution in [2.75, 3.05) is 13.2 Å². The molecule has 0 aliphatic carbocycles. The SMILES string of the molecule is CCC(CC)N(CCO)Cc1ccn(C(C)CC)n1. The number of aromatic nitrogens is 2. The van der Waals surface area contributed by atoms with Crippen LogP contribution in [0.15, 0.2) is 12.3 Å². The van der Waals surface area contributed by atoms with Gasteiger partial charge in [-0.1, -0.05) is 20.8 Å². The van der Waals surface area contributed by atoms with Gasteiger partial charge in [0.2, 0.25) is 0 Å². The van der Waals surface area contributed by atoms with E-state index < -0.39 is 0 Å². The summed E-state index contributed by atoms with van der Waals surface area (Å²) in [5, 5.41) is 13.9. The molecule has 0 bridgehead atoms. The number of nitrogens with zero attached hydrogens (tertiary/aromatic N) is 3. The van der Waals surface area contributed by atoms with Crippen molar-refractivity contribution in [1.82, 2.24) is 14.7 Å². The zero-order valence-electron chi connectivity index (χ0n) is 12.8. The smallest absolute Gasteiger partial charge is 0.0765 e. The summed E-state index contributed by atoms with van der Waals surface area (Å²) in [5.41, 5.74) is 1.10. The van der Waals surface area contributed by atoms with E-state index in [0.29, 0.717) is 12.1 Å². The van der Waals surface area contributed by atoms with Crippen LogP contribution < -0.4 is 0 Å². The third-order valence-corrected chi connectivity index (χ3v) is 3.92. The van der Waals surface area contributed by atoms with Gasteiger partial charge in [0, 0.05) is 31.4 Å². The summed E-state index contributed by atoms with van der Waals surface area (Å²) >= 11 is 0. The molecule has 0 aliphatic heterocycles. The lowest BCUT2D eigenvalue weighted by molar-refractivity contribution is 0.135. The van der Waals surface area contributed by atoms with Crippen molar-refractivity contribution < 1.29 is 5.11 Å². The molecule has 19 heavy (non-hydrogen) atoms. The molecule has 1 aromatic heterocycles. The Hall–Kier alpha value is -0.870. The summed E-state index contributed by atoms with van der Waals surface area (Å²) in [6, 6.07) is 3.08. The first-order chi connectivity index (χ1) is 9.15. The number of aliphatic hydroxyl groups is 1. The standard InChI is InChI=1S/C15H29N3O/c1-5-13(4)18-9-8-14(16-18)12-17(10-11-19)15(6-2)7-3/h8-9,13,15,19H,5-7,10-12H2,1-4H3. The molecule has 1 unspecified atom stereocenters. The minimum atomic E-state index is 0.211. The average molecular weight is 267 g/mol. The van der Waals surface area contributed by atoms with Crippen LogP contribution in [0.1, 0.15) is 58.7 Å². The number of hydrogen-bond acceptors (Lipinski definition) is 3. The lowest BCUT2D eigenvalue weighted by Gasteiger charge is -2.29. The van der Waals surface area contributed by atoms with Crippen LogP contribution >= 0.6 is 0 Å². The molecule has 1 atom stereocenters. The highest BCUT2D eigenvalue weighted by Crippen LogP contribution is 2.14. The Labute approximate surface area is 117 Å². The van der Waals surface area contributed by atoms with Crippen molar-refractivity contribution in [3.05, 3.63) is 18.0 Å². The van der Waals surface area contributed by atoms with Crippen LogP contribution in [0.4, 0.5) is 0 Å². The van der Waals surface area contributed by atoms with E-state index in [1.54, 1.807) is 0 Å². The minimum absolute atomic E-state index is 0.211. The second kappa shape index (κ2) is 8.33. The zero-order chi connectivity index (χ0) is 14.3. The molecule has 0 aliphatic rings. The summed E-state index contributed by atoms with van der Waals surface area (Å²) < 4.78 is 2.04. The molecule has 0 saturated heterocycles. The van der Waals surface area contributed by atoms with Gasteiger partial charge in [-0.2, -0.15) is 5.10 Å². The Morgan fingerprint density at radius 2 is 1.95 bits per heavy atom. The highest BCUT2D eigenvalue weighted by molar-refractivity contribution is 5.00. The molecule has 1 rings (SSSR count). The molecule has 4 heteroatoms. The second-order valence-corrected chi connectivity index (χ2v) is 5.21. The van der Waals surface area contributed by atoms with Crippen LogP contribution in [0.25, 0.3) is 0 Å². The van der Waals surface area contributed by atoms with E-state index in [2.05, 4.69) is 50.0 Å². The Balaban J connectivity index is 2.70. The van der Waals surface area contributed by atoms with E-state index in [1.807, 2.05) is 4.68 Å². The van der Waals surface area contributed by atoms with Crippen LogP contribution in [0.3, 0.4) is 0 Å². The Bertz CT molecular complexity index is 347. The van der Waals surface area contributed by atoms with Crippen LogP contribution in [-0.4, -0.2) is 39.0 Å². The maximum Gasteiger partial charge on any atom is 0.0765 e. The van der Waals surface area contributed by atoms with E-state index in [1.165, 1.54) is 0 Å². The molecular formula is C15H29N3O. The van der Waals surface area contributed by atoms with Crippen molar-refractivity contribution in [2.45, 2.75) is 65.6 Å². The lowest BCUT2D eigenvalue weighted by atomic mass is 10.1. The number of hydrogen-bond donors (Lipinski definition) is 1. The molecule has 0 saturated carbocycles. The van der Waals surface area contributed by atoms with Crippen LogP contribution in [0, 0.1) is 0 Å². The van der Waals surface area contributed by atoms with Crippen molar-refractivity contribution in [1.29, 1.82) is 0 Å². The molecule has 110 valence electrons. The highest BCUT2D eigenvalue weighted by atomic mass is 16.3. The summed E-state index contributed by atoms with van der Waals surface area (Å²) in [7, 11) is 0. The van der Waals surface area contributed by atoms with E-state index in [9.17, 15) is 5.11 Å². The molecule has 1 aromatic rings. The molecule has 1 heterocycles. The second-order valence-electron chi connectivity index (χ2n) is 5.21. The predicted octanol–water partition coefficient (Wildman–Crippen LogP) is 2.84. The van der Waals surface area contributed by atoms with Crippen molar-refractivity contribution in [2.24, 2.45) is 0 Å². The first-order valence-electron chi connectivity index (χ1n) is 7.55. The molecular weight excluding hydrogens is 238 g/mol. The van der Waals surface area contributed by atoms with Crippen molar-refractivity contribution in [3.8, 4) is 0 Å². The molecule has 1 N–H and O–H groups in total. The Kier molecular flexibility index (Phi) is 7.10. The predicted molar refractivity (Wildman–Crippen MR) is 79.1 cm³/mol. The normalized spacial score (nSPS) is 13.4. The number of aliphatic hydroxyl groups excluding tert-OH is 1. The van der Waals surface area contributed by atoms with E-state index in [4.69, 9.17) is 0 Å². The largest absolute Gasteiger partial charge is 0.395 e. The van der Waals surface area contributed by atoms with Crippen molar-refractivity contribution in [3.63, 3.8) is 0 Å². The third kappa shape index (κ3) is 4.62. The molecule has 4 nitrogen and oxygen atoms in total. The van der Waals surface area contributed by atoms with Gasteiger partial charge in [-0.3, -0.25) is 9.58 Å². The fourth-order valence-corrected chi connectivity index (χ4v) is 2.43. The van der Waals surface area contributed by atoms with Crippen molar-refractivity contribution >= 4 is 0 Å². The summed E-state index contributed by atoms with van der Waals surface area (Å²) in [6.07, 6.45) is 5.38. The quantitative estimate of drug-likeness (QED) is 0.748. The molecule has 0 radical (unpaired) electrons. The van der Waals surface area contributed by atoms with Gasteiger partial charge in [-0.05, 0) is 32.3 Å². The van der Waals surface area contributed by atoms with Gasteiger partial charge >= 0.3 is 0 Å². The van der Waals surface area contributed by atoms with Gasteiger partial charge in [0.05, 0.1) is 12.3 Å². The summed E-state index contributed by atoms with van der Waals surface area (Å²) in [5.74, 6) is 0. The van der Waals surface area contributed by atoms with E-state index in [-0.39, 0.29) is 6.61 Å². The van der Waals surface area contributed by atoms with Gasteiger partial charge in [0.25, 0.3) is 0 Å². The first kappa shape index (κ1) is 16.2. The lowest BCUT2D eigenvalue weighted by Crippen LogP contribution is -2.36. The molecule has 0 spiro atoms. The first-order valence-corrected chi connectivity index (χ1v) is 7.55. The fourth-order valence-electron chi connectivity index (χ4n) is 2.43.